The molecule has 1 fully saturated rings. The van der Waals surface area contributed by atoms with Crippen molar-refractivity contribution < 1.29 is 4.79 Å². The smallest absolute Gasteiger partial charge is 0.141 e. The third kappa shape index (κ3) is 1.81. The van der Waals surface area contributed by atoms with Gasteiger partial charge >= 0.3 is 0 Å². The fourth-order valence-electron chi connectivity index (χ4n) is 1.81. The minimum Gasteiger partial charge on any atom is -0.299 e. The number of fused-ring (bicyclic) bond motifs is 1. The number of carbonyl (C=O) groups is 1. The zero-order valence-electron chi connectivity index (χ0n) is 8.89. The molecule has 2 aromatic rings. The Hall–Kier alpha value is -1.77. The summed E-state index contributed by atoms with van der Waals surface area (Å²) in [7, 11) is 0. The molecule has 0 spiro atoms. The highest BCUT2D eigenvalue weighted by Crippen LogP contribution is 2.30. The number of aromatic nitrogens is 2. The molecule has 0 atom stereocenters. The average molecular weight is 212 g/mol. The molecule has 1 aliphatic rings. The Morgan fingerprint density at radius 3 is 2.75 bits per heavy atom. The lowest BCUT2D eigenvalue weighted by atomic mass is 10.1. The van der Waals surface area contributed by atoms with Gasteiger partial charge in [-0.2, -0.15) is 0 Å². The summed E-state index contributed by atoms with van der Waals surface area (Å²) in [6.45, 7) is 0. The summed E-state index contributed by atoms with van der Waals surface area (Å²) in [5, 5.41) is 0. The zero-order valence-corrected chi connectivity index (χ0v) is 8.89. The van der Waals surface area contributed by atoms with Gasteiger partial charge in [0.2, 0.25) is 0 Å². The molecule has 3 nitrogen and oxygen atoms in total. The summed E-state index contributed by atoms with van der Waals surface area (Å²) in [6, 6.07) is 7.72. The molecule has 0 N–H and O–H groups in total. The first-order valence-corrected chi connectivity index (χ1v) is 5.56. The second-order valence-electron chi connectivity index (χ2n) is 4.27. The standard InChI is InChI=1S/C13H12N2O/c16-13(9-5-6-9)7-10-8-14-11-3-1-2-4-12(11)15-10/h1-4,8-9H,5-7H2. The van der Waals surface area contributed by atoms with Crippen LogP contribution < -0.4 is 0 Å². The van der Waals surface area contributed by atoms with Crippen molar-refractivity contribution in [2.75, 3.05) is 0 Å². The van der Waals surface area contributed by atoms with Crippen LogP contribution in [0.25, 0.3) is 11.0 Å². The number of rotatable bonds is 3. The highest BCUT2D eigenvalue weighted by atomic mass is 16.1. The van der Waals surface area contributed by atoms with Gasteiger partial charge in [0.1, 0.15) is 5.78 Å². The van der Waals surface area contributed by atoms with Gasteiger partial charge in [-0.3, -0.25) is 9.78 Å². The van der Waals surface area contributed by atoms with E-state index in [1.165, 1.54) is 0 Å². The van der Waals surface area contributed by atoms with Gasteiger partial charge in [-0.1, -0.05) is 12.1 Å². The number of hydrogen-bond donors (Lipinski definition) is 0. The predicted octanol–water partition coefficient (Wildman–Crippen LogP) is 2.15. The number of benzene rings is 1. The van der Waals surface area contributed by atoms with Crippen molar-refractivity contribution in [3.05, 3.63) is 36.2 Å². The molecule has 3 rings (SSSR count). The minimum absolute atomic E-state index is 0.299. The van der Waals surface area contributed by atoms with Gasteiger partial charge in [-0.25, -0.2) is 4.98 Å². The maximum absolute atomic E-state index is 11.6. The second kappa shape index (κ2) is 3.67. The van der Waals surface area contributed by atoms with E-state index < -0.39 is 0 Å². The van der Waals surface area contributed by atoms with E-state index in [2.05, 4.69) is 9.97 Å². The molecule has 80 valence electrons. The normalized spacial score (nSPS) is 15.2. The Morgan fingerprint density at radius 2 is 2.00 bits per heavy atom. The van der Waals surface area contributed by atoms with Crippen LogP contribution in [0.2, 0.25) is 0 Å². The van der Waals surface area contributed by atoms with Crippen LogP contribution in [0.5, 0.6) is 0 Å². The summed E-state index contributed by atoms with van der Waals surface area (Å²) in [4.78, 5) is 20.4. The van der Waals surface area contributed by atoms with Gasteiger partial charge in [-0.05, 0) is 25.0 Å². The van der Waals surface area contributed by atoms with Gasteiger partial charge in [0.25, 0.3) is 0 Å². The van der Waals surface area contributed by atoms with Crippen molar-refractivity contribution in [1.82, 2.24) is 9.97 Å². The number of nitrogens with zero attached hydrogens (tertiary/aromatic N) is 2. The summed E-state index contributed by atoms with van der Waals surface area (Å²) in [5.74, 6) is 0.609. The molecule has 0 radical (unpaired) electrons. The van der Waals surface area contributed by atoms with Crippen LogP contribution >= 0.6 is 0 Å². The fourth-order valence-corrected chi connectivity index (χ4v) is 1.81. The Morgan fingerprint density at radius 1 is 1.25 bits per heavy atom. The van der Waals surface area contributed by atoms with Crippen LogP contribution in [0, 0.1) is 5.92 Å². The number of ketones is 1. The molecule has 1 heterocycles. The molecule has 0 unspecified atom stereocenters. The van der Waals surface area contributed by atoms with Crippen molar-refractivity contribution >= 4 is 16.8 Å². The molecule has 0 amide bonds. The lowest BCUT2D eigenvalue weighted by molar-refractivity contribution is -0.119. The topological polar surface area (TPSA) is 42.9 Å². The zero-order chi connectivity index (χ0) is 11.0. The number of hydrogen-bond acceptors (Lipinski definition) is 3. The summed E-state index contributed by atoms with van der Waals surface area (Å²) < 4.78 is 0. The number of para-hydroxylation sites is 2. The van der Waals surface area contributed by atoms with Crippen molar-refractivity contribution in [2.45, 2.75) is 19.3 Å². The summed E-state index contributed by atoms with van der Waals surface area (Å²) in [6.07, 6.45) is 4.25. The average Bonchev–Trinajstić information content (AvgIpc) is 3.12. The second-order valence-corrected chi connectivity index (χ2v) is 4.27. The van der Waals surface area contributed by atoms with Crippen LogP contribution in [0.1, 0.15) is 18.5 Å². The van der Waals surface area contributed by atoms with Crippen LogP contribution in [0.4, 0.5) is 0 Å². The van der Waals surface area contributed by atoms with Crippen molar-refractivity contribution in [3.63, 3.8) is 0 Å². The molecule has 0 bridgehead atoms. The van der Waals surface area contributed by atoms with Crippen LogP contribution in [-0.2, 0) is 11.2 Å². The minimum atomic E-state index is 0.299. The molecule has 1 aromatic heterocycles. The first-order valence-electron chi connectivity index (χ1n) is 5.56. The van der Waals surface area contributed by atoms with Crippen LogP contribution in [0.3, 0.4) is 0 Å². The molecule has 0 aliphatic heterocycles. The maximum atomic E-state index is 11.6. The van der Waals surface area contributed by atoms with Gasteiger partial charge in [0.15, 0.2) is 0 Å². The van der Waals surface area contributed by atoms with E-state index in [0.717, 1.165) is 29.6 Å². The van der Waals surface area contributed by atoms with Crippen molar-refractivity contribution in [1.29, 1.82) is 0 Å². The molecular formula is C13H12N2O. The van der Waals surface area contributed by atoms with Crippen LogP contribution in [-0.4, -0.2) is 15.8 Å². The van der Waals surface area contributed by atoms with E-state index in [1.807, 2.05) is 24.3 Å². The lowest BCUT2D eigenvalue weighted by Gasteiger charge is -2.00. The number of Topliss-reactive ketones (excluding diaryl/α,β-unsaturated/α-hetero) is 1. The maximum Gasteiger partial charge on any atom is 0.141 e. The molecule has 16 heavy (non-hydrogen) atoms. The largest absolute Gasteiger partial charge is 0.299 e. The monoisotopic (exact) mass is 212 g/mol. The first-order chi connectivity index (χ1) is 7.83. The van der Waals surface area contributed by atoms with E-state index in [1.54, 1.807) is 6.20 Å². The van der Waals surface area contributed by atoms with Crippen LogP contribution in [0.15, 0.2) is 30.5 Å². The van der Waals surface area contributed by atoms with E-state index in [9.17, 15) is 4.79 Å². The van der Waals surface area contributed by atoms with Gasteiger partial charge in [-0.15, -0.1) is 0 Å². The Labute approximate surface area is 93.5 Å². The highest BCUT2D eigenvalue weighted by molar-refractivity contribution is 5.85. The molecule has 0 saturated heterocycles. The Kier molecular flexibility index (Phi) is 2.17. The molecule has 3 heteroatoms. The Balaban J connectivity index is 1.89. The predicted molar refractivity (Wildman–Crippen MR) is 61.0 cm³/mol. The summed E-state index contributed by atoms with van der Waals surface area (Å²) in [5.41, 5.74) is 2.53. The first kappa shape index (κ1) is 9.46. The van der Waals surface area contributed by atoms with Gasteiger partial charge in [0, 0.05) is 12.1 Å². The van der Waals surface area contributed by atoms with Gasteiger partial charge < -0.3 is 0 Å². The van der Waals surface area contributed by atoms with E-state index in [0.29, 0.717) is 18.1 Å². The van der Waals surface area contributed by atoms with Crippen molar-refractivity contribution in [3.8, 4) is 0 Å². The number of carbonyl (C=O) groups excluding carboxylic acids is 1. The van der Waals surface area contributed by atoms with E-state index >= 15 is 0 Å². The highest BCUT2D eigenvalue weighted by Gasteiger charge is 2.29. The van der Waals surface area contributed by atoms with Crippen molar-refractivity contribution in [2.24, 2.45) is 5.92 Å². The lowest BCUT2D eigenvalue weighted by Crippen LogP contribution is -2.06. The Bertz CT molecular complexity index is 546. The quantitative estimate of drug-likeness (QED) is 0.783. The molecule has 1 aliphatic carbocycles. The molecular weight excluding hydrogens is 200 g/mol. The molecule has 1 saturated carbocycles. The third-order valence-corrected chi connectivity index (χ3v) is 2.89. The SMILES string of the molecule is O=C(Cc1cnc2ccccc2n1)C1CC1. The van der Waals surface area contributed by atoms with Gasteiger partial charge in [0.05, 0.1) is 23.1 Å². The summed E-state index contributed by atoms with van der Waals surface area (Å²) >= 11 is 0. The van der Waals surface area contributed by atoms with E-state index in [4.69, 9.17) is 0 Å². The third-order valence-electron chi connectivity index (χ3n) is 2.89. The molecule has 1 aromatic carbocycles. The fraction of sp³-hybridized carbons (Fsp3) is 0.308. The van der Waals surface area contributed by atoms with E-state index in [-0.39, 0.29) is 0 Å².